The summed E-state index contributed by atoms with van der Waals surface area (Å²) >= 11 is 7.28. The van der Waals surface area contributed by atoms with E-state index in [0.29, 0.717) is 23.8 Å². The highest BCUT2D eigenvalue weighted by Gasteiger charge is 2.28. The lowest BCUT2D eigenvalue weighted by atomic mass is 10.1. The van der Waals surface area contributed by atoms with Crippen LogP contribution in [0.25, 0.3) is 0 Å². The van der Waals surface area contributed by atoms with Crippen LogP contribution in [0.5, 0.6) is 0 Å². The molecule has 1 unspecified atom stereocenters. The van der Waals surface area contributed by atoms with E-state index in [1.165, 1.54) is 11.3 Å². The fraction of sp³-hybridized carbons (Fsp3) is 0.545. The van der Waals surface area contributed by atoms with Crippen molar-refractivity contribution in [3.8, 4) is 0 Å². The van der Waals surface area contributed by atoms with Crippen LogP contribution in [0.15, 0.2) is 12.1 Å². The molecular weight excluding hydrogens is 246 g/mol. The fourth-order valence-corrected chi connectivity index (χ4v) is 3.00. The van der Waals surface area contributed by atoms with Crippen molar-refractivity contribution in [1.29, 1.82) is 0 Å². The fourth-order valence-electron chi connectivity index (χ4n) is 1.90. The Morgan fingerprint density at radius 2 is 2.44 bits per heavy atom. The van der Waals surface area contributed by atoms with Gasteiger partial charge in [-0.25, -0.2) is 0 Å². The van der Waals surface area contributed by atoms with Gasteiger partial charge in [-0.1, -0.05) is 11.6 Å². The van der Waals surface area contributed by atoms with Crippen LogP contribution < -0.4 is 0 Å². The summed E-state index contributed by atoms with van der Waals surface area (Å²) in [7, 11) is 0. The number of amides is 1. The lowest BCUT2D eigenvalue weighted by molar-refractivity contribution is -0.131. The van der Waals surface area contributed by atoms with Crippen LogP contribution in [-0.4, -0.2) is 35.1 Å². The second-order valence-corrected chi connectivity index (χ2v) is 5.84. The summed E-state index contributed by atoms with van der Waals surface area (Å²) in [5.41, 5.74) is 0. The Hall–Kier alpha value is -0.580. The molecule has 1 aliphatic heterocycles. The topological polar surface area (TPSA) is 40.5 Å². The molecule has 0 spiro atoms. The summed E-state index contributed by atoms with van der Waals surface area (Å²) in [6, 6.07) is 3.70. The molecule has 1 aromatic rings. The summed E-state index contributed by atoms with van der Waals surface area (Å²) in [5.74, 6) is -0.0853. The van der Waals surface area contributed by atoms with Gasteiger partial charge in [-0.2, -0.15) is 0 Å². The minimum atomic E-state index is -0.358. The molecule has 1 aromatic heterocycles. The molecule has 2 atom stereocenters. The highest BCUT2D eigenvalue weighted by Crippen LogP contribution is 2.29. The highest BCUT2D eigenvalue weighted by molar-refractivity contribution is 7.16. The summed E-state index contributed by atoms with van der Waals surface area (Å²) in [4.78, 5) is 14.8. The van der Waals surface area contributed by atoms with E-state index in [0.717, 1.165) is 4.88 Å². The largest absolute Gasteiger partial charge is 0.391 e. The number of hydrogen-bond donors (Lipinski definition) is 1. The first-order valence-electron chi connectivity index (χ1n) is 5.30. The van der Waals surface area contributed by atoms with Crippen LogP contribution in [0.4, 0.5) is 0 Å². The number of carbonyl (C=O) groups is 1. The van der Waals surface area contributed by atoms with Gasteiger partial charge in [-0.05, 0) is 25.5 Å². The summed E-state index contributed by atoms with van der Waals surface area (Å²) in [6.45, 7) is 3.00. The van der Waals surface area contributed by atoms with Gasteiger partial charge < -0.3 is 10.0 Å². The van der Waals surface area contributed by atoms with Gasteiger partial charge in [-0.3, -0.25) is 4.79 Å². The quantitative estimate of drug-likeness (QED) is 0.884. The Labute approximate surface area is 104 Å². The minimum absolute atomic E-state index is 0.0788. The number of nitrogens with zero attached hydrogens (tertiary/aromatic N) is 1. The number of rotatable bonds is 2. The number of likely N-dealkylation sites (tertiary alicyclic amines) is 1. The highest BCUT2D eigenvalue weighted by atomic mass is 35.5. The molecule has 1 amide bonds. The van der Waals surface area contributed by atoms with Gasteiger partial charge in [0.1, 0.15) is 0 Å². The number of carbonyl (C=O) groups excluding carboxylic acids is 1. The van der Waals surface area contributed by atoms with E-state index < -0.39 is 0 Å². The molecule has 1 saturated heterocycles. The van der Waals surface area contributed by atoms with Crippen molar-refractivity contribution in [2.75, 3.05) is 13.1 Å². The molecule has 5 heteroatoms. The average Bonchev–Trinajstić information content (AvgIpc) is 2.85. The maximum atomic E-state index is 12.1. The van der Waals surface area contributed by atoms with E-state index >= 15 is 0 Å². The predicted molar refractivity (Wildman–Crippen MR) is 64.9 cm³/mol. The molecule has 0 radical (unpaired) electrons. The summed E-state index contributed by atoms with van der Waals surface area (Å²) in [5, 5.41) is 9.39. The number of halogens is 1. The predicted octanol–water partition coefficient (Wildman–Crippen LogP) is 2.10. The Kier molecular flexibility index (Phi) is 3.52. The molecule has 2 heterocycles. The monoisotopic (exact) mass is 259 g/mol. The smallest absolute Gasteiger partial charge is 0.230 e. The first-order valence-corrected chi connectivity index (χ1v) is 6.49. The van der Waals surface area contributed by atoms with Gasteiger partial charge in [0.2, 0.25) is 5.91 Å². The van der Waals surface area contributed by atoms with Crippen molar-refractivity contribution in [3.05, 3.63) is 21.3 Å². The third-order valence-corrected chi connectivity index (χ3v) is 4.28. The third kappa shape index (κ3) is 2.39. The van der Waals surface area contributed by atoms with E-state index in [1.807, 2.05) is 19.1 Å². The molecule has 2 rings (SSSR count). The Morgan fingerprint density at radius 3 is 2.94 bits per heavy atom. The minimum Gasteiger partial charge on any atom is -0.391 e. The molecule has 0 saturated carbocycles. The van der Waals surface area contributed by atoms with Crippen molar-refractivity contribution in [2.45, 2.75) is 25.4 Å². The third-order valence-electron chi connectivity index (χ3n) is 2.87. The number of β-amino-alcohol motifs (C(OH)–C–C–N with tert-alkyl or cyclic N) is 1. The Balaban J connectivity index is 2.04. The molecule has 0 bridgehead atoms. The molecule has 3 nitrogen and oxygen atoms in total. The zero-order valence-electron chi connectivity index (χ0n) is 9.02. The zero-order chi connectivity index (χ0) is 11.7. The first-order chi connectivity index (χ1) is 7.58. The van der Waals surface area contributed by atoms with Gasteiger partial charge in [0.25, 0.3) is 0 Å². The molecule has 1 aliphatic rings. The van der Waals surface area contributed by atoms with Crippen molar-refractivity contribution in [2.24, 2.45) is 0 Å². The number of aliphatic hydroxyl groups is 1. The van der Waals surface area contributed by atoms with E-state index in [9.17, 15) is 9.90 Å². The SMILES string of the molecule is CC(C(=O)N1CC[C@@H](O)C1)c1ccc(Cl)s1. The maximum Gasteiger partial charge on any atom is 0.230 e. The summed E-state index contributed by atoms with van der Waals surface area (Å²) in [6.07, 6.45) is 0.326. The van der Waals surface area contributed by atoms with Gasteiger partial charge in [-0.15, -0.1) is 11.3 Å². The molecule has 0 aliphatic carbocycles. The standard InChI is InChI=1S/C11H14ClNO2S/c1-7(9-2-3-10(12)16-9)11(15)13-5-4-8(14)6-13/h2-3,7-8,14H,4-6H2,1H3/t7?,8-/m1/s1. The molecule has 0 aromatic carbocycles. The van der Waals surface area contributed by atoms with Crippen molar-refractivity contribution in [3.63, 3.8) is 0 Å². The second-order valence-electron chi connectivity index (χ2n) is 4.09. The number of thiophene rings is 1. The molecule has 88 valence electrons. The molecule has 1 N–H and O–H groups in total. The second kappa shape index (κ2) is 4.73. The first kappa shape index (κ1) is 11.9. The van der Waals surface area contributed by atoms with Gasteiger partial charge >= 0.3 is 0 Å². The maximum absolute atomic E-state index is 12.1. The zero-order valence-corrected chi connectivity index (χ0v) is 10.6. The normalized spacial score (nSPS) is 22.4. The van der Waals surface area contributed by atoms with Crippen molar-refractivity contribution in [1.82, 2.24) is 4.90 Å². The van der Waals surface area contributed by atoms with Crippen LogP contribution >= 0.6 is 22.9 Å². The Morgan fingerprint density at radius 1 is 1.69 bits per heavy atom. The Bertz CT molecular complexity index is 393. The van der Waals surface area contributed by atoms with Gasteiger partial charge in [0.05, 0.1) is 16.4 Å². The molecule has 1 fully saturated rings. The van der Waals surface area contributed by atoms with Crippen LogP contribution in [0.1, 0.15) is 24.1 Å². The van der Waals surface area contributed by atoms with E-state index in [2.05, 4.69) is 0 Å². The van der Waals surface area contributed by atoms with Gasteiger partial charge in [0, 0.05) is 18.0 Å². The van der Waals surface area contributed by atoms with E-state index in [-0.39, 0.29) is 17.9 Å². The lowest BCUT2D eigenvalue weighted by Crippen LogP contribution is -2.32. The number of hydrogen-bond acceptors (Lipinski definition) is 3. The number of aliphatic hydroxyl groups excluding tert-OH is 1. The van der Waals surface area contributed by atoms with Crippen LogP contribution in [-0.2, 0) is 4.79 Å². The van der Waals surface area contributed by atoms with Gasteiger partial charge in [0.15, 0.2) is 0 Å². The van der Waals surface area contributed by atoms with Crippen LogP contribution in [0.3, 0.4) is 0 Å². The van der Waals surface area contributed by atoms with Crippen molar-refractivity contribution >= 4 is 28.8 Å². The van der Waals surface area contributed by atoms with Crippen LogP contribution in [0, 0.1) is 0 Å². The van der Waals surface area contributed by atoms with E-state index in [1.54, 1.807) is 4.90 Å². The van der Waals surface area contributed by atoms with E-state index in [4.69, 9.17) is 11.6 Å². The van der Waals surface area contributed by atoms with Crippen LogP contribution in [0.2, 0.25) is 4.34 Å². The molecule has 16 heavy (non-hydrogen) atoms. The summed E-state index contributed by atoms with van der Waals surface area (Å²) < 4.78 is 0.705. The average molecular weight is 260 g/mol. The molecular formula is C11H14ClNO2S. The lowest BCUT2D eigenvalue weighted by Gasteiger charge is -2.19. The van der Waals surface area contributed by atoms with Crippen molar-refractivity contribution < 1.29 is 9.90 Å².